The molecule has 3 heterocycles. The number of ether oxygens (including phenoxy) is 4. The maximum atomic E-state index is 14.2. The van der Waals surface area contributed by atoms with E-state index < -0.39 is 44.3 Å². The third kappa shape index (κ3) is 6.00. The molecule has 0 aliphatic carbocycles. The van der Waals surface area contributed by atoms with Crippen molar-refractivity contribution in [3.05, 3.63) is 101 Å². The Hall–Kier alpha value is -4.80. The number of carbonyl (C=O) groups is 5. The van der Waals surface area contributed by atoms with Crippen molar-refractivity contribution in [1.82, 2.24) is 0 Å². The molecule has 50 heavy (non-hydrogen) atoms. The maximum Gasteiger partial charge on any atom is 0.345 e. The summed E-state index contributed by atoms with van der Waals surface area (Å²) in [6.45, 7) is 5.37. The minimum absolute atomic E-state index is 0.0960. The van der Waals surface area contributed by atoms with E-state index >= 15 is 0 Å². The average molecular weight is 739 g/mol. The molecule has 260 valence electrons. The second-order valence-electron chi connectivity index (χ2n) is 11.4. The number of aryl methyl sites for hydroxylation is 1. The number of esters is 4. The summed E-state index contributed by atoms with van der Waals surface area (Å²) in [6.07, 6.45) is 2.87. The lowest BCUT2D eigenvalue weighted by Gasteiger charge is -2.50. The van der Waals surface area contributed by atoms with Gasteiger partial charge in [-0.15, -0.1) is 0 Å². The fourth-order valence-corrected chi connectivity index (χ4v) is 10.8. The molecule has 1 amide bonds. The minimum atomic E-state index is -1.70. The van der Waals surface area contributed by atoms with Crippen LogP contribution in [0, 0.1) is 17.0 Å². The highest BCUT2D eigenvalue weighted by Crippen LogP contribution is 2.71. The second kappa shape index (κ2) is 13.8. The molecule has 16 heteroatoms. The number of nitro groups is 1. The van der Waals surface area contributed by atoms with Crippen LogP contribution in [-0.2, 0) is 42.9 Å². The minimum Gasteiger partial charge on any atom is -0.466 e. The van der Waals surface area contributed by atoms with Crippen LogP contribution in [0.3, 0.4) is 0 Å². The number of fused-ring (bicyclic) bond motifs is 3. The highest BCUT2D eigenvalue weighted by Gasteiger charge is 2.61. The van der Waals surface area contributed by atoms with Crippen LogP contribution in [0.1, 0.15) is 30.5 Å². The van der Waals surface area contributed by atoms with Crippen molar-refractivity contribution >= 4 is 88.1 Å². The fourth-order valence-electron chi connectivity index (χ4n) is 5.77. The summed E-state index contributed by atoms with van der Waals surface area (Å²) in [6, 6.07) is 11.1. The molecule has 0 unspecified atom stereocenters. The van der Waals surface area contributed by atoms with Crippen LogP contribution in [0.2, 0.25) is 0 Å². The first-order chi connectivity index (χ1) is 23.7. The van der Waals surface area contributed by atoms with E-state index in [1.165, 1.54) is 36.4 Å². The Kier molecular flexibility index (Phi) is 10.1. The number of nitrogens with zero attached hydrogens (tertiary/aromatic N) is 2. The largest absolute Gasteiger partial charge is 0.466 e. The number of non-ortho nitro benzene ring substituents is 1. The van der Waals surface area contributed by atoms with E-state index in [0.717, 1.165) is 69.3 Å². The topological polar surface area (TPSA) is 169 Å². The van der Waals surface area contributed by atoms with Crippen molar-refractivity contribution in [2.45, 2.75) is 30.4 Å². The van der Waals surface area contributed by atoms with E-state index in [1.54, 1.807) is 24.8 Å². The van der Waals surface area contributed by atoms with E-state index in [1.807, 2.05) is 19.1 Å². The van der Waals surface area contributed by atoms with Gasteiger partial charge in [0.2, 0.25) is 0 Å². The number of rotatable bonds is 7. The van der Waals surface area contributed by atoms with Crippen LogP contribution < -0.4 is 4.90 Å². The van der Waals surface area contributed by atoms with Crippen molar-refractivity contribution in [1.29, 1.82) is 0 Å². The molecule has 2 aromatic carbocycles. The molecule has 0 saturated carbocycles. The fraction of sp³-hybridized carbons (Fsp3) is 0.265. The third-order valence-corrected chi connectivity index (χ3v) is 12.7. The van der Waals surface area contributed by atoms with E-state index in [2.05, 4.69) is 0 Å². The van der Waals surface area contributed by atoms with Crippen LogP contribution >= 0.6 is 35.3 Å². The first-order valence-corrected chi connectivity index (χ1v) is 17.1. The molecular formula is C34H30N2O11S3. The second-order valence-corrected chi connectivity index (χ2v) is 15.1. The molecule has 0 N–H and O–H groups in total. The van der Waals surface area contributed by atoms with Gasteiger partial charge in [-0.25, -0.2) is 19.2 Å². The lowest BCUT2D eigenvalue weighted by atomic mass is 9.83. The van der Waals surface area contributed by atoms with Crippen LogP contribution in [0.5, 0.6) is 0 Å². The Balaban J connectivity index is 1.78. The van der Waals surface area contributed by atoms with Gasteiger partial charge >= 0.3 is 23.9 Å². The van der Waals surface area contributed by atoms with Crippen LogP contribution in [0.4, 0.5) is 11.4 Å². The molecule has 2 aromatic rings. The standard InChI is InChI=1S/C34H30N2O11S3/c1-17-8-14-21-20(16-17)23-28(33(2,3)35(21)22(37)15-11-18-9-12-19(13-10-18)36(42)43)48-25(30(39)45-5)24(29(38)44-4)34(23)49-26(31(40)46-6)27(50-34)32(41)47-7/h8-16H,1-7H3/b15-11+. The smallest absolute Gasteiger partial charge is 0.345 e. The van der Waals surface area contributed by atoms with Gasteiger partial charge in [-0.3, -0.25) is 19.8 Å². The molecule has 3 aliphatic rings. The molecule has 1 spiro atoms. The first kappa shape index (κ1) is 36.5. The molecule has 0 fully saturated rings. The Morgan fingerprint density at radius 1 is 0.800 bits per heavy atom. The Bertz CT molecular complexity index is 1970. The summed E-state index contributed by atoms with van der Waals surface area (Å²) >= 11 is 2.62. The summed E-state index contributed by atoms with van der Waals surface area (Å²) in [5, 5.41) is 11.1. The lowest BCUT2D eigenvalue weighted by molar-refractivity contribution is -0.384. The van der Waals surface area contributed by atoms with E-state index in [9.17, 15) is 34.1 Å². The summed E-state index contributed by atoms with van der Waals surface area (Å²) in [7, 11) is 4.59. The van der Waals surface area contributed by atoms with E-state index in [-0.39, 0.29) is 26.0 Å². The molecule has 0 atom stereocenters. The zero-order valence-corrected chi connectivity index (χ0v) is 30.3. The van der Waals surface area contributed by atoms with Gasteiger partial charge in [0.05, 0.1) is 50.2 Å². The molecule has 0 radical (unpaired) electrons. The van der Waals surface area contributed by atoms with Crippen molar-refractivity contribution in [3.8, 4) is 0 Å². The Morgan fingerprint density at radius 3 is 1.86 bits per heavy atom. The SMILES string of the molecule is COC(=O)C1=C(C(=O)OC)SC2(S1)C(C(=O)OC)=C(C(=O)OC)SC1=C2c2cc(C)ccc2N(C(=O)/C=C/c2ccc([N+](=O)[O-])cc2)C1(C)C. The maximum absolute atomic E-state index is 14.2. The van der Waals surface area contributed by atoms with Crippen molar-refractivity contribution < 1.29 is 47.8 Å². The van der Waals surface area contributed by atoms with Gasteiger partial charge in [0, 0.05) is 34.3 Å². The number of anilines is 1. The van der Waals surface area contributed by atoms with Crippen molar-refractivity contribution in [3.63, 3.8) is 0 Å². The number of thioether (sulfide) groups is 3. The zero-order chi connectivity index (χ0) is 36.7. The number of carbonyl (C=O) groups excluding carboxylic acids is 5. The Labute approximate surface area is 299 Å². The van der Waals surface area contributed by atoms with Crippen LogP contribution in [0.15, 0.2) is 73.7 Å². The predicted molar refractivity (Wildman–Crippen MR) is 189 cm³/mol. The van der Waals surface area contributed by atoms with Gasteiger partial charge in [-0.1, -0.05) is 46.9 Å². The number of hydrogen-bond donors (Lipinski definition) is 0. The van der Waals surface area contributed by atoms with Gasteiger partial charge in [0.1, 0.15) is 18.8 Å². The number of methoxy groups -OCH3 is 4. The molecule has 0 aromatic heterocycles. The number of nitro benzene ring substituents is 1. The summed E-state index contributed by atoms with van der Waals surface area (Å²) in [5.74, 6) is -3.97. The van der Waals surface area contributed by atoms with Crippen molar-refractivity contribution in [2.75, 3.05) is 33.3 Å². The number of hydrogen-bond acceptors (Lipinski definition) is 14. The van der Waals surface area contributed by atoms with Gasteiger partial charge in [0.25, 0.3) is 11.6 Å². The normalized spacial score (nSPS) is 17.4. The van der Waals surface area contributed by atoms with Crippen LogP contribution in [0.25, 0.3) is 11.6 Å². The van der Waals surface area contributed by atoms with Crippen molar-refractivity contribution in [2.24, 2.45) is 0 Å². The molecule has 5 rings (SSSR count). The van der Waals surface area contributed by atoms with E-state index in [0.29, 0.717) is 27.3 Å². The number of benzene rings is 2. The molecular weight excluding hydrogens is 709 g/mol. The summed E-state index contributed by atoms with van der Waals surface area (Å²) < 4.78 is 18.7. The monoisotopic (exact) mass is 738 g/mol. The molecule has 0 bridgehead atoms. The highest BCUT2D eigenvalue weighted by atomic mass is 32.2. The Morgan fingerprint density at radius 2 is 1.34 bits per heavy atom. The highest BCUT2D eigenvalue weighted by molar-refractivity contribution is 8.26. The first-order valence-electron chi connectivity index (χ1n) is 14.7. The summed E-state index contributed by atoms with van der Waals surface area (Å²) in [4.78, 5) is 80.1. The number of amides is 1. The quantitative estimate of drug-likeness (QED) is 0.114. The molecule has 13 nitrogen and oxygen atoms in total. The van der Waals surface area contributed by atoms with Gasteiger partial charge in [-0.05, 0) is 56.7 Å². The van der Waals surface area contributed by atoms with Gasteiger partial charge in [-0.2, -0.15) is 0 Å². The summed E-state index contributed by atoms with van der Waals surface area (Å²) in [5.41, 5.74) is 1.22. The van der Waals surface area contributed by atoms with E-state index in [4.69, 9.17) is 18.9 Å². The third-order valence-electron chi connectivity index (χ3n) is 8.04. The molecule has 0 saturated heterocycles. The van der Waals surface area contributed by atoms with Crippen LogP contribution in [-0.4, -0.2) is 72.8 Å². The van der Waals surface area contributed by atoms with Gasteiger partial charge in [0.15, 0.2) is 0 Å². The average Bonchev–Trinajstić information content (AvgIpc) is 3.49. The zero-order valence-electron chi connectivity index (χ0n) is 27.8. The lowest BCUT2D eigenvalue weighted by Crippen LogP contribution is -2.53. The molecule has 3 aliphatic heterocycles. The van der Waals surface area contributed by atoms with Gasteiger partial charge < -0.3 is 18.9 Å². The predicted octanol–water partition coefficient (Wildman–Crippen LogP) is 5.53.